The molecule has 1 heterocycles. The number of aromatic nitrogens is 1. The van der Waals surface area contributed by atoms with Crippen LogP contribution in [0.15, 0.2) is 102 Å². The van der Waals surface area contributed by atoms with Gasteiger partial charge in [0, 0.05) is 17.1 Å². The van der Waals surface area contributed by atoms with Gasteiger partial charge in [-0.1, -0.05) is 78.0 Å². The monoisotopic (exact) mass is 367 g/mol. The van der Waals surface area contributed by atoms with E-state index in [2.05, 4.69) is 15.5 Å². The lowest BCUT2D eigenvalue weighted by molar-refractivity contribution is 0.166. The van der Waals surface area contributed by atoms with E-state index in [-0.39, 0.29) is 0 Å². The maximum Gasteiger partial charge on any atom is 0.437 e. The van der Waals surface area contributed by atoms with Crippen LogP contribution < -0.4 is 5.32 Å². The van der Waals surface area contributed by atoms with Crippen LogP contribution in [0.4, 0.5) is 10.5 Å². The number of nitrogens with zero attached hydrogens (tertiary/aromatic N) is 2. The van der Waals surface area contributed by atoms with Crippen molar-refractivity contribution in [2.75, 3.05) is 5.32 Å². The fourth-order valence-electron chi connectivity index (χ4n) is 2.90. The van der Waals surface area contributed by atoms with Gasteiger partial charge in [-0.25, -0.2) is 4.79 Å². The first-order valence-electron chi connectivity index (χ1n) is 8.82. The molecule has 1 aromatic heterocycles. The predicted octanol–water partition coefficient (Wildman–Crippen LogP) is 5.24. The molecule has 0 spiro atoms. The summed E-state index contributed by atoms with van der Waals surface area (Å²) in [6.45, 7) is 0. The Morgan fingerprint density at radius 3 is 2.39 bits per heavy atom. The lowest BCUT2D eigenvalue weighted by Gasteiger charge is -2.08. The number of oxime groups is 1. The standard InChI is InChI=1S/C23H17N3O2/c27-23(25-20-15-8-12-17-9-4-5-13-19(17)20)28-26-22(18-10-2-1-3-11-18)21-14-6-7-16-24-21/h1-16H,(H,25,27)/b26-22+. The van der Waals surface area contributed by atoms with Gasteiger partial charge in [0.05, 0.1) is 11.4 Å². The van der Waals surface area contributed by atoms with Crippen molar-refractivity contribution in [3.63, 3.8) is 0 Å². The van der Waals surface area contributed by atoms with Gasteiger partial charge in [-0.05, 0) is 23.6 Å². The SMILES string of the molecule is O=C(Nc1cccc2ccccc12)O/N=C(\c1ccccc1)c1ccccn1. The molecule has 0 fully saturated rings. The first-order valence-corrected chi connectivity index (χ1v) is 8.82. The first kappa shape index (κ1) is 17.4. The van der Waals surface area contributed by atoms with Crippen LogP contribution in [-0.2, 0) is 4.84 Å². The zero-order valence-corrected chi connectivity index (χ0v) is 14.9. The van der Waals surface area contributed by atoms with E-state index in [1.54, 1.807) is 6.20 Å². The lowest BCUT2D eigenvalue weighted by Crippen LogP contribution is -2.14. The lowest BCUT2D eigenvalue weighted by atomic mass is 10.1. The summed E-state index contributed by atoms with van der Waals surface area (Å²) in [6.07, 6.45) is 1.00. The molecular weight excluding hydrogens is 350 g/mol. The molecule has 4 rings (SSSR count). The number of carbonyl (C=O) groups excluding carboxylic acids is 1. The molecule has 1 N–H and O–H groups in total. The third kappa shape index (κ3) is 3.88. The number of nitrogens with one attached hydrogen (secondary N) is 1. The molecule has 0 aliphatic heterocycles. The molecule has 0 saturated heterocycles. The highest BCUT2D eigenvalue weighted by atomic mass is 16.7. The fourth-order valence-corrected chi connectivity index (χ4v) is 2.90. The number of anilines is 1. The van der Waals surface area contributed by atoms with Crippen LogP contribution in [0.25, 0.3) is 10.8 Å². The Balaban J connectivity index is 1.59. The quantitative estimate of drug-likeness (QED) is 0.305. The number of benzene rings is 3. The topological polar surface area (TPSA) is 63.6 Å². The van der Waals surface area contributed by atoms with E-state index in [0.29, 0.717) is 17.1 Å². The summed E-state index contributed by atoms with van der Waals surface area (Å²) in [5.41, 5.74) is 2.57. The van der Waals surface area contributed by atoms with E-state index < -0.39 is 6.09 Å². The van der Waals surface area contributed by atoms with Gasteiger partial charge in [0.15, 0.2) is 0 Å². The summed E-state index contributed by atoms with van der Waals surface area (Å²) in [5, 5.41) is 8.80. The van der Waals surface area contributed by atoms with Crippen LogP contribution in [0, 0.1) is 0 Å². The van der Waals surface area contributed by atoms with Crippen LogP contribution in [0.5, 0.6) is 0 Å². The molecule has 5 heteroatoms. The number of hydrogen-bond donors (Lipinski definition) is 1. The minimum atomic E-state index is -0.666. The molecule has 28 heavy (non-hydrogen) atoms. The van der Waals surface area contributed by atoms with Crippen molar-refractivity contribution in [1.82, 2.24) is 4.98 Å². The number of pyridine rings is 1. The second kappa shape index (κ2) is 8.14. The Bertz CT molecular complexity index is 1080. The van der Waals surface area contributed by atoms with E-state index in [1.807, 2.05) is 91.0 Å². The second-order valence-electron chi connectivity index (χ2n) is 6.05. The summed E-state index contributed by atoms with van der Waals surface area (Å²) in [6, 6.07) is 28.5. The van der Waals surface area contributed by atoms with Crippen molar-refractivity contribution < 1.29 is 9.63 Å². The molecule has 0 bridgehead atoms. The van der Waals surface area contributed by atoms with Crippen LogP contribution in [0.1, 0.15) is 11.3 Å². The Hall–Kier alpha value is -3.99. The molecule has 0 aliphatic carbocycles. The number of fused-ring (bicyclic) bond motifs is 1. The number of hydrogen-bond acceptors (Lipinski definition) is 4. The molecule has 136 valence electrons. The van der Waals surface area contributed by atoms with Gasteiger partial charge in [0.25, 0.3) is 0 Å². The predicted molar refractivity (Wildman–Crippen MR) is 110 cm³/mol. The zero-order chi connectivity index (χ0) is 19.2. The van der Waals surface area contributed by atoms with Gasteiger partial charge in [-0.15, -0.1) is 0 Å². The summed E-state index contributed by atoms with van der Waals surface area (Å²) in [7, 11) is 0. The number of amides is 1. The largest absolute Gasteiger partial charge is 0.437 e. The smallest absolute Gasteiger partial charge is 0.297 e. The van der Waals surface area contributed by atoms with Crippen molar-refractivity contribution in [1.29, 1.82) is 0 Å². The molecule has 0 atom stereocenters. The van der Waals surface area contributed by atoms with E-state index in [1.165, 1.54) is 0 Å². The summed E-state index contributed by atoms with van der Waals surface area (Å²) >= 11 is 0. The molecule has 4 aromatic rings. The van der Waals surface area contributed by atoms with Crippen LogP contribution in [0.2, 0.25) is 0 Å². The normalized spacial score (nSPS) is 11.2. The van der Waals surface area contributed by atoms with Crippen LogP contribution >= 0.6 is 0 Å². The molecule has 1 amide bonds. The van der Waals surface area contributed by atoms with E-state index >= 15 is 0 Å². The highest BCUT2D eigenvalue weighted by molar-refractivity contribution is 6.11. The maximum atomic E-state index is 12.4. The van der Waals surface area contributed by atoms with E-state index in [4.69, 9.17) is 4.84 Å². The summed E-state index contributed by atoms with van der Waals surface area (Å²) < 4.78 is 0. The Morgan fingerprint density at radius 2 is 1.57 bits per heavy atom. The third-order valence-electron chi connectivity index (χ3n) is 4.20. The van der Waals surface area contributed by atoms with Crippen molar-refractivity contribution in [3.05, 3.63) is 108 Å². The molecule has 0 saturated carbocycles. The number of carbonyl (C=O) groups is 1. The van der Waals surface area contributed by atoms with Crippen molar-refractivity contribution in [2.45, 2.75) is 0 Å². The molecule has 0 unspecified atom stereocenters. The number of rotatable bonds is 4. The van der Waals surface area contributed by atoms with Crippen LogP contribution in [-0.4, -0.2) is 16.8 Å². The fraction of sp³-hybridized carbons (Fsp3) is 0. The first-order chi connectivity index (χ1) is 13.8. The van der Waals surface area contributed by atoms with Gasteiger partial charge in [0.1, 0.15) is 5.71 Å². The highest BCUT2D eigenvalue weighted by Crippen LogP contribution is 2.23. The van der Waals surface area contributed by atoms with Gasteiger partial charge in [0.2, 0.25) is 0 Å². The van der Waals surface area contributed by atoms with Gasteiger partial charge >= 0.3 is 6.09 Å². The Morgan fingerprint density at radius 1 is 0.821 bits per heavy atom. The van der Waals surface area contributed by atoms with Crippen molar-refractivity contribution in [2.24, 2.45) is 5.16 Å². The molecule has 0 radical (unpaired) electrons. The van der Waals surface area contributed by atoms with Crippen molar-refractivity contribution in [3.8, 4) is 0 Å². The van der Waals surface area contributed by atoms with Gasteiger partial charge in [-0.3, -0.25) is 15.1 Å². The highest BCUT2D eigenvalue weighted by Gasteiger charge is 2.11. The third-order valence-corrected chi connectivity index (χ3v) is 4.20. The van der Waals surface area contributed by atoms with E-state index in [0.717, 1.165) is 16.3 Å². The molecule has 5 nitrogen and oxygen atoms in total. The van der Waals surface area contributed by atoms with Gasteiger partial charge in [-0.2, -0.15) is 0 Å². The Kier molecular flexibility index (Phi) is 5.06. The Labute approximate surface area is 162 Å². The van der Waals surface area contributed by atoms with Crippen LogP contribution in [0.3, 0.4) is 0 Å². The minimum Gasteiger partial charge on any atom is -0.297 e. The molecular formula is C23H17N3O2. The maximum absolute atomic E-state index is 12.4. The second-order valence-corrected chi connectivity index (χ2v) is 6.05. The summed E-state index contributed by atoms with van der Waals surface area (Å²) in [4.78, 5) is 21.8. The van der Waals surface area contributed by atoms with Crippen molar-refractivity contribution >= 4 is 28.3 Å². The average molecular weight is 367 g/mol. The van der Waals surface area contributed by atoms with Gasteiger partial charge < -0.3 is 0 Å². The average Bonchev–Trinajstić information content (AvgIpc) is 2.76. The van der Waals surface area contributed by atoms with E-state index in [9.17, 15) is 4.79 Å². The summed E-state index contributed by atoms with van der Waals surface area (Å²) in [5.74, 6) is 0. The minimum absolute atomic E-state index is 0.481. The zero-order valence-electron chi connectivity index (χ0n) is 14.9. The molecule has 3 aromatic carbocycles. The molecule has 0 aliphatic rings.